The number of benzene rings is 2. The summed E-state index contributed by atoms with van der Waals surface area (Å²) in [6.07, 6.45) is 1.01. The van der Waals surface area contributed by atoms with Gasteiger partial charge in [-0.3, -0.25) is 0 Å². The third kappa shape index (κ3) is 7.11. The van der Waals surface area contributed by atoms with Crippen LogP contribution in [0.1, 0.15) is 17.5 Å². The Bertz CT molecular complexity index is 588. The first-order chi connectivity index (χ1) is 11.2. The highest BCUT2D eigenvalue weighted by atomic mass is 79.9. The molecule has 0 aliphatic carbocycles. The molecule has 0 saturated carbocycles. The van der Waals surface area contributed by atoms with E-state index < -0.39 is 0 Å². The van der Waals surface area contributed by atoms with Gasteiger partial charge in [0.1, 0.15) is 12.4 Å². The average Bonchev–Trinajstić information content (AvgIpc) is 2.55. The summed E-state index contributed by atoms with van der Waals surface area (Å²) in [4.78, 5) is 0. The van der Waals surface area contributed by atoms with Crippen molar-refractivity contribution in [1.29, 1.82) is 0 Å². The molecule has 0 unspecified atom stereocenters. The summed E-state index contributed by atoms with van der Waals surface area (Å²) in [5, 5.41) is 3.41. The zero-order chi connectivity index (χ0) is 16.5. The molecule has 2 aromatic rings. The molecule has 0 spiro atoms. The predicted octanol–water partition coefficient (Wildman–Crippen LogP) is 5.34. The van der Waals surface area contributed by atoms with Crippen LogP contribution >= 0.6 is 44.3 Å². The van der Waals surface area contributed by atoms with Crippen LogP contribution in [-0.4, -0.2) is 20.3 Å². The van der Waals surface area contributed by atoms with Gasteiger partial charge in [0.05, 0.1) is 8.95 Å². The molecule has 0 heterocycles. The zero-order valence-corrected chi connectivity index (χ0v) is 17.5. The Kier molecular flexibility index (Phi) is 10.6. The fourth-order valence-corrected chi connectivity index (χ4v) is 3.67. The Morgan fingerprint density at radius 2 is 1.67 bits per heavy atom. The van der Waals surface area contributed by atoms with E-state index in [1.165, 1.54) is 5.56 Å². The molecule has 1 N–H and O–H groups in total. The third-order valence-electron chi connectivity index (χ3n) is 3.32. The van der Waals surface area contributed by atoms with Gasteiger partial charge in [0.15, 0.2) is 0 Å². The molecule has 0 radical (unpaired) electrons. The number of hydrogen-bond acceptors (Lipinski definition) is 3. The molecule has 0 aliphatic rings. The van der Waals surface area contributed by atoms with Gasteiger partial charge in [0.2, 0.25) is 0 Å². The first-order valence-electron chi connectivity index (χ1n) is 7.55. The van der Waals surface area contributed by atoms with Crippen molar-refractivity contribution >= 4 is 44.3 Å². The van der Waals surface area contributed by atoms with Crippen molar-refractivity contribution in [3.05, 3.63) is 62.5 Å². The maximum Gasteiger partial charge on any atom is 0.148 e. The van der Waals surface area contributed by atoms with Crippen molar-refractivity contribution in [2.45, 2.75) is 19.6 Å². The largest absolute Gasteiger partial charge is 0.487 e. The molecule has 6 heteroatoms. The minimum Gasteiger partial charge on any atom is -0.487 e. The lowest BCUT2D eigenvalue weighted by molar-refractivity contribution is 0.194. The standard InChI is InChI=1S/C18H21Br2NO2.ClH/c1-22-9-5-8-21-12-15-10-16(19)18(17(20)11-15)23-13-14-6-3-2-4-7-14;/h2-4,6-7,10-11,21H,5,8-9,12-13H2,1H3;1H. The average molecular weight is 480 g/mol. The van der Waals surface area contributed by atoms with Crippen molar-refractivity contribution in [3.8, 4) is 5.75 Å². The van der Waals surface area contributed by atoms with Gasteiger partial charge >= 0.3 is 0 Å². The van der Waals surface area contributed by atoms with Crippen LogP contribution in [0.25, 0.3) is 0 Å². The number of nitrogens with one attached hydrogen (secondary N) is 1. The monoisotopic (exact) mass is 477 g/mol. The molecule has 0 aliphatic heterocycles. The molecule has 0 saturated heterocycles. The molecule has 2 rings (SSSR count). The van der Waals surface area contributed by atoms with E-state index in [0.29, 0.717) is 6.61 Å². The summed E-state index contributed by atoms with van der Waals surface area (Å²) in [6.45, 7) is 3.09. The van der Waals surface area contributed by atoms with E-state index in [-0.39, 0.29) is 12.4 Å². The predicted molar refractivity (Wildman–Crippen MR) is 108 cm³/mol. The van der Waals surface area contributed by atoms with Crippen molar-refractivity contribution in [1.82, 2.24) is 5.32 Å². The van der Waals surface area contributed by atoms with E-state index >= 15 is 0 Å². The van der Waals surface area contributed by atoms with Gasteiger partial charge < -0.3 is 14.8 Å². The van der Waals surface area contributed by atoms with Gasteiger partial charge in [-0.05, 0) is 68.1 Å². The van der Waals surface area contributed by atoms with Gasteiger partial charge in [-0.1, -0.05) is 30.3 Å². The number of rotatable bonds is 9. The second-order valence-corrected chi connectivity index (χ2v) is 6.89. The molecular weight excluding hydrogens is 457 g/mol. The maximum atomic E-state index is 5.94. The summed E-state index contributed by atoms with van der Waals surface area (Å²) in [7, 11) is 1.72. The van der Waals surface area contributed by atoms with Crippen LogP contribution in [0.4, 0.5) is 0 Å². The fraction of sp³-hybridized carbons (Fsp3) is 0.333. The summed E-state index contributed by atoms with van der Waals surface area (Å²) in [5.41, 5.74) is 2.35. The van der Waals surface area contributed by atoms with Crippen LogP contribution in [0.15, 0.2) is 51.4 Å². The van der Waals surface area contributed by atoms with Crippen LogP contribution in [0.2, 0.25) is 0 Å². The van der Waals surface area contributed by atoms with Gasteiger partial charge in [-0.2, -0.15) is 0 Å². The van der Waals surface area contributed by atoms with Crippen LogP contribution in [0.3, 0.4) is 0 Å². The summed E-state index contributed by atoms with van der Waals surface area (Å²) in [5.74, 6) is 0.831. The number of hydrogen-bond donors (Lipinski definition) is 1. The molecule has 2 aromatic carbocycles. The number of methoxy groups -OCH3 is 1. The molecule has 0 atom stereocenters. The first kappa shape index (κ1) is 21.5. The molecular formula is C18H22Br2ClNO2. The van der Waals surface area contributed by atoms with Crippen LogP contribution < -0.4 is 10.1 Å². The Morgan fingerprint density at radius 3 is 2.29 bits per heavy atom. The molecule has 0 bridgehead atoms. The highest BCUT2D eigenvalue weighted by Gasteiger charge is 2.09. The summed E-state index contributed by atoms with van der Waals surface area (Å²) >= 11 is 7.21. The molecule has 0 amide bonds. The maximum absolute atomic E-state index is 5.94. The SMILES string of the molecule is COCCCNCc1cc(Br)c(OCc2ccccc2)c(Br)c1.Cl. The van der Waals surface area contributed by atoms with Gasteiger partial charge in [-0.25, -0.2) is 0 Å². The lowest BCUT2D eigenvalue weighted by Gasteiger charge is -2.13. The van der Waals surface area contributed by atoms with E-state index in [0.717, 1.165) is 46.4 Å². The van der Waals surface area contributed by atoms with E-state index in [2.05, 4.69) is 61.4 Å². The Balaban J connectivity index is 0.00000288. The molecule has 0 fully saturated rings. The smallest absolute Gasteiger partial charge is 0.148 e. The van der Waals surface area contributed by atoms with Crippen molar-refractivity contribution in [2.75, 3.05) is 20.3 Å². The molecule has 132 valence electrons. The molecule has 24 heavy (non-hydrogen) atoms. The highest BCUT2D eigenvalue weighted by molar-refractivity contribution is 9.11. The van der Waals surface area contributed by atoms with E-state index in [1.807, 2.05) is 18.2 Å². The quantitative estimate of drug-likeness (QED) is 0.493. The minimum atomic E-state index is 0. The van der Waals surface area contributed by atoms with Crippen molar-refractivity contribution in [3.63, 3.8) is 0 Å². The normalized spacial score (nSPS) is 10.3. The highest BCUT2D eigenvalue weighted by Crippen LogP contribution is 2.35. The zero-order valence-electron chi connectivity index (χ0n) is 13.6. The van der Waals surface area contributed by atoms with Gasteiger partial charge in [0, 0.05) is 20.3 Å². The summed E-state index contributed by atoms with van der Waals surface area (Å²) in [6, 6.07) is 14.3. The van der Waals surface area contributed by atoms with Crippen molar-refractivity contribution in [2.24, 2.45) is 0 Å². The number of halogens is 3. The van der Waals surface area contributed by atoms with Crippen LogP contribution in [0.5, 0.6) is 5.75 Å². The van der Waals surface area contributed by atoms with E-state index in [9.17, 15) is 0 Å². The van der Waals surface area contributed by atoms with Gasteiger partial charge in [-0.15, -0.1) is 12.4 Å². The lowest BCUT2D eigenvalue weighted by Crippen LogP contribution is -2.16. The number of ether oxygens (including phenoxy) is 2. The van der Waals surface area contributed by atoms with Crippen molar-refractivity contribution < 1.29 is 9.47 Å². The first-order valence-corrected chi connectivity index (χ1v) is 9.13. The minimum absolute atomic E-state index is 0. The van der Waals surface area contributed by atoms with Gasteiger partial charge in [0.25, 0.3) is 0 Å². The Hall–Kier alpha value is -0.590. The Labute approximate surface area is 166 Å². The Morgan fingerprint density at radius 1 is 1.00 bits per heavy atom. The second-order valence-electron chi connectivity index (χ2n) is 5.19. The van der Waals surface area contributed by atoms with Crippen LogP contribution in [-0.2, 0) is 17.9 Å². The lowest BCUT2D eigenvalue weighted by atomic mass is 10.2. The molecule has 0 aromatic heterocycles. The van der Waals surface area contributed by atoms with Crippen LogP contribution in [0, 0.1) is 0 Å². The topological polar surface area (TPSA) is 30.5 Å². The molecule has 3 nitrogen and oxygen atoms in total. The fourth-order valence-electron chi connectivity index (χ4n) is 2.16. The second kappa shape index (κ2) is 11.9. The third-order valence-corrected chi connectivity index (χ3v) is 4.49. The summed E-state index contributed by atoms with van der Waals surface area (Å²) < 4.78 is 12.9. The van der Waals surface area contributed by atoms with E-state index in [4.69, 9.17) is 9.47 Å². The van der Waals surface area contributed by atoms with E-state index in [1.54, 1.807) is 7.11 Å².